The van der Waals surface area contributed by atoms with Crippen LogP contribution in [0.3, 0.4) is 0 Å². The minimum Gasteiger partial charge on any atom is -0.206 e. The van der Waals surface area contributed by atoms with E-state index in [0.29, 0.717) is 4.21 Å². The van der Waals surface area contributed by atoms with Crippen molar-refractivity contribution in [2.75, 3.05) is 0 Å². The molecule has 3 nitrogen and oxygen atoms in total. The Hall–Kier alpha value is -0.210. The molecule has 108 valence electrons. The van der Waals surface area contributed by atoms with Gasteiger partial charge < -0.3 is 0 Å². The number of nitrogens with one attached hydrogen (secondary N) is 1. The number of sulfonamides is 1. The van der Waals surface area contributed by atoms with Crippen molar-refractivity contribution in [2.45, 2.75) is 36.4 Å². The number of hydrogen-bond acceptors (Lipinski definition) is 4. The highest BCUT2D eigenvalue weighted by molar-refractivity contribution is 9.11. The number of aryl methyl sites for hydroxylation is 2. The van der Waals surface area contributed by atoms with E-state index in [1.165, 1.54) is 16.2 Å². The lowest BCUT2D eigenvalue weighted by atomic mass is 9.95. The Balaban J connectivity index is 1.88. The molecular formula is C13H14BrNO2S3. The van der Waals surface area contributed by atoms with Crippen molar-refractivity contribution in [2.24, 2.45) is 0 Å². The molecule has 7 heteroatoms. The highest BCUT2D eigenvalue weighted by Gasteiger charge is 2.27. The third kappa shape index (κ3) is 2.74. The molecule has 2 aromatic rings. The Morgan fingerprint density at radius 3 is 2.95 bits per heavy atom. The molecule has 1 atom stereocenters. The largest absolute Gasteiger partial charge is 0.250 e. The van der Waals surface area contributed by atoms with E-state index in [1.54, 1.807) is 17.4 Å². The van der Waals surface area contributed by atoms with Crippen LogP contribution in [0.2, 0.25) is 0 Å². The highest BCUT2D eigenvalue weighted by Crippen LogP contribution is 2.36. The normalized spacial score (nSPS) is 19.0. The second-order valence-corrected chi connectivity index (χ2v) is 10.2. The first-order valence-electron chi connectivity index (χ1n) is 6.32. The average molecular weight is 392 g/mol. The summed E-state index contributed by atoms with van der Waals surface area (Å²) in [7, 11) is -3.44. The maximum absolute atomic E-state index is 12.5. The van der Waals surface area contributed by atoms with Crippen LogP contribution in [0.15, 0.2) is 25.5 Å². The molecule has 1 unspecified atom stereocenters. The number of thiophene rings is 2. The van der Waals surface area contributed by atoms with Gasteiger partial charge in [0.2, 0.25) is 0 Å². The molecule has 0 radical (unpaired) electrons. The van der Waals surface area contributed by atoms with Gasteiger partial charge in [0, 0.05) is 10.9 Å². The quantitative estimate of drug-likeness (QED) is 0.850. The number of rotatable bonds is 3. The Kier molecular flexibility index (Phi) is 4.07. The summed E-state index contributed by atoms with van der Waals surface area (Å²) >= 11 is 6.36. The van der Waals surface area contributed by atoms with Crippen molar-refractivity contribution in [1.82, 2.24) is 4.72 Å². The van der Waals surface area contributed by atoms with Crippen LogP contribution in [0.4, 0.5) is 0 Å². The Bertz CT molecular complexity index is 713. The lowest BCUT2D eigenvalue weighted by Gasteiger charge is -2.23. The summed E-state index contributed by atoms with van der Waals surface area (Å²) in [5, 5.41) is 2.04. The van der Waals surface area contributed by atoms with Gasteiger partial charge in [0.25, 0.3) is 10.0 Å². The topological polar surface area (TPSA) is 46.2 Å². The van der Waals surface area contributed by atoms with Crippen molar-refractivity contribution in [3.63, 3.8) is 0 Å². The molecule has 1 aliphatic carbocycles. The number of hydrogen-bond donors (Lipinski definition) is 1. The Morgan fingerprint density at radius 1 is 1.45 bits per heavy atom. The van der Waals surface area contributed by atoms with Crippen LogP contribution in [0.5, 0.6) is 0 Å². The molecule has 1 N–H and O–H groups in total. The summed E-state index contributed by atoms with van der Waals surface area (Å²) in [6.07, 6.45) is 2.97. The van der Waals surface area contributed by atoms with E-state index < -0.39 is 10.0 Å². The van der Waals surface area contributed by atoms with Gasteiger partial charge in [0.15, 0.2) is 0 Å². The zero-order valence-electron chi connectivity index (χ0n) is 10.8. The first-order chi connectivity index (χ1) is 9.47. The van der Waals surface area contributed by atoms with Gasteiger partial charge in [-0.15, -0.1) is 22.7 Å². The third-order valence-corrected chi connectivity index (χ3v) is 8.53. The van der Waals surface area contributed by atoms with Gasteiger partial charge in [-0.1, -0.05) is 0 Å². The summed E-state index contributed by atoms with van der Waals surface area (Å²) in [6.45, 7) is 1.90. The van der Waals surface area contributed by atoms with Gasteiger partial charge in [-0.05, 0) is 70.8 Å². The van der Waals surface area contributed by atoms with Crippen LogP contribution in [-0.4, -0.2) is 8.42 Å². The van der Waals surface area contributed by atoms with Crippen LogP contribution in [-0.2, 0) is 16.4 Å². The van der Waals surface area contributed by atoms with Gasteiger partial charge in [0.05, 0.1) is 3.79 Å². The first kappa shape index (κ1) is 14.7. The number of halogens is 1. The zero-order valence-corrected chi connectivity index (χ0v) is 14.9. The maximum Gasteiger partial charge on any atom is 0.250 e. The maximum atomic E-state index is 12.5. The van der Waals surface area contributed by atoms with Crippen LogP contribution >= 0.6 is 38.6 Å². The SMILES string of the molecule is Cc1cc(S(=O)(=O)NC2CCCc3sccc32)sc1Br. The van der Waals surface area contributed by atoms with E-state index in [9.17, 15) is 8.42 Å². The fraction of sp³-hybridized carbons (Fsp3) is 0.385. The molecule has 3 rings (SSSR count). The third-order valence-electron chi connectivity index (χ3n) is 3.45. The fourth-order valence-corrected chi connectivity index (χ4v) is 6.90. The minimum atomic E-state index is -3.44. The molecule has 1 aliphatic rings. The molecule has 0 aromatic carbocycles. The van der Waals surface area contributed by atoms with Gasteiger partial charge in [0.1, 0.15) is 4.21 Å². The molecule has 20 heavy (non-hydrogen) atoms. The van der Waals surface area contributed by atoms with Gasteiger partial charge in [-0.25, -0.2) is 13.1 Å². The summed E-state index contributed by atoms with van der Waals surface area (Å²) in [5.74, 6) is 0. The standard InChI is InChI=1S/C13H14BrNO2S3/c1-8-7-12(19-13(8)14)20(16,17)15-10-3-2-4-11-9(10)5-6-18-11/h5-7,10,15H,2-4H2,1H3. The highest BCUT2D eigenvalue weighted by atomic mass is 79.9. The second-order valence-electron chi connectivity index (χ2n) is 4.89. The van der Waals surface area contributed by atoms with Gasteiger partial charge in [-0.2, -0.15) is 0 Å². The molecule has 0 amide bonds. The summed E-state index contributed by atoms with van der Waals surface area (Å²) in [5.41, 5.74) is 2.10. The van der Waals surface area contributed by atoms with Crippen LogP contribution in [0.1, 0.15) is 34.9 Å². The summed E-state index contributed by atoms with van der Waals surface area (Å²) < 4.78 is 29.1. The summed E-state index contributed by atoms with van der Waals surface area (Å²) in [6, 6.07) is 3.67. The molecule has 0 bridgehead atoms. The van der Waals surface area contributed by atoms with Crippen molar-refractivity contribution in [3.05, 3.63) is 37.3 Å². The Morgan fingerprint density at radius 2 is 2.25 bits per heavy atom. The zero-order chi connectivity index (χ0) is 14.3. The molecular weight excluding hydrogens is 378 g/mol. The number of fused-ring (bicyclic) bond motifs is 1. The molecule has 0 fully saturated rings. The van der Waals surface area contributed by atoms with Gasteiger partial charge in [-0.3, -0.25) is 0 Å². The van der Waals surface area contributed by atoms with E-state index in [4.69, 9.17) is 0 Å². The van der Waals surface area contributed by atoms with Crippen LogP contribution < -0.4 is 4.72 Å². The van der Waals surface area contributed by atoms with E-state index in [1.807, 2.05) is 18.4 Å². The molecule has 0 aliphatic heterocycles. The van der Waals surface area contributed by atoms with Crippen molar-refractivity contribution in [3.8, 4) is 0 Å². The van der Waals surface area contributed by atoms with E-state index >= 15 is 0 Å². The minimum absolute atomic E-state index is 0.0869. The second kappa shape index (κ2) is 5.53. The first-order valence-corrected chi connectivity index (χ1v) is 10.3. The van der Waals surface area contributed by atoms with Crippen LogP contribution in [0, 0.1) is 6.92 Å². The lowest BCUT2D eigenvalue weighted by Crippen LogP contribution is -2.30. The molecule has 2 aromatic heterocycles. The molecule has 0 saturated heterocycles. The molecule has 0 spiro atoms. The van der Waals surface area contributed by atoms with Crippen molar-refractivity contribution < 1.29 is 8.42 Å². The Labute approximate surface area is 135 Å². The molecule has 2 heterocycles. The average Bonchev–Trinajstić information content (AvgIpc) is 2.98. The lowest BCUT2D eigenvalue weighted by molar-refractivity contribution is 0.512. The fourth-order valence-electron chi connectivity index (χ4n) is 2.42. The predicted molar refractivity (Wildman–Crippen MR) is 87.1 cm³/mol. The van der Waals surface area contributed by atoms with Crippen molar-refractivity contribution in [1.29, 1.82) is 0 Å². The predicted octanol–water partition coefficient (Wildman–Crippen LogP) is 4.24. The smallest absolute Gasteiger partial charge is 0.206 e. The van der Waals surface area contributed by atoms with E-state index in [2.05, 4.69) is 20.7 Å². The summed E-state index contributed by atoms with van der Waals surface area (Å²) in [4.78, 5) is 1.31. The van der Waals surface area contributed by atoms with Crippen LogP contribution in [0.25, 0.3) is 0 Å². The van der Waals surface area contributed by atoms with E-state index in [0.717, 1.165) is 34.2 Å². The van der Waals surface area contributed by atoms with Gasteiger partial charge >= 0.3 is 0 Å². The van der Waals surface area contributed by atoms with E-state index in [-0.39, 0.29) is 6.04 Å². The molecule has 0 saturated carbocycles. The monoisotopic (exact) mass is 391 g/mol. The van der Waals surface area contributed by atoms with Crippen molar-refractivity contribution >= 4 is 48.6 Å².